The standard InChI is InChI=1S/C20H17Cl2F2N5O/c1-12-7-9-26-19(18(12)22)29-17(30)10-14-13(21)5-6-16(28-14)27-11-20(23,24)15-4-2-3-8-25-15/h2-9H,10-11H2,1H3,(H,27,28)(H,26,29,30). The molecule has 0 saturated carbocycles. The number of aromatic nitrogens is 3. The first-order chi connectivity index (χ1) is 14.3. The van der Waals surface area contributed by atoms with Crippen LogP contribution in [0.15, 0.2) is 48.8 Å². The van der Waals surface area contributed by atoms with E-state index in [0.29, 0.717) is 5.02 Å². The molecule has 30 heavy (non-hydrogen) atoms. The van der Waals surface area contributed by atoms with Gasteiger partial charge in [-0.25, -0.2) is 9.97 Å². The molecule has 3 aromatic rings. The minimum absolute atomic E-state index is 0.157. The monoisotopic (exact) mass is 451 g/mol. The summed E-state index contributed by atoms with van der Waals surface area (Å²) < 4.78 is 28.6. The van der Waals surface area contributed by atoms with E-state index in [2.05, 4.69) is 25.6 Å². The third-order valence-corrected chi connectivity index (χ3v) is 4.94. The van der Waals surface area contributed by atoms with Crippen molar-refractivity contribution in [1.82, 2.24) is 15.0 Å². The van der Waals surface area contributed by atoms with E-state index >= 15 is 0 Å². The second kappa shape index (κ2) is 9.32. The number of nitrogens with zero attached hydrogens (tertiary/aromatic N) is 3. The van der Waals surface area contributed by atoms with Crippen LogP contribution in [0.3, 0.4) is 0 Å². The van der Waals surface area contributed by atoms with Crippen LogP contribution in [0.2, 0.25) is 10.0 Å². The van der Waals surface area contributed by atoms with Gasteiger partial charge in [0.1, 0.15) is 11.5 Å². The molecule has 0 aliphatic rings. The highest BCUT2D eigenvalue weighted by molar-refractivity contribution is 6.34. The molecule has 0 radical (unpaired) electrons. The first-order valence-corrected chi connectivity index (χ1v) is 9.61. The van der Waals surface area contributed by atoms with E-state index in [1.54, 1.807) is 19.1 Å². The zero-order valence-electron chi connectivity index (χ0n) is 15.8. The lowest BCUT2D eigenvalue weighted by molar-refractivity contribution is -0.115. The number of pyridine rings is 3. The fourth-order valence-electron chi connectivity index (χ4n) is 2.53. The zero-order chi connectivity index (χ0) is 21.7. The van der Waals surface area contributed by atoms with Gasteiger partial charge in [0, 0.05) is 12.4 Å². The number of hydrogen-bond donors (Lipinski definition) is 2. The molecule has 0 bridgehead atoms. The Morgan fingerprint density at radius 3 is 2.63 bits per heavy atom. The van der Waals surface area contributed by atoms with Gasteiger partial charge in [-0.3, -0.25) is 9.78 Å². The minimum atomic E-state index is -3.20. The maximum absolute atomic E-state index is 14.3. The van der Waals surface area contributed by atoms with Crippen LogP contribution < -0.4 is 10.6 Å². The van der Waals surface area contributed by atoms with E-state index in [4.69, 9.17) is 23.2 Å². The molecule has 3 heterocycles. The Morgan fingerprint density at radius 1 is 1.10 bits per heavy atom. The van der Waals surface area contributed by atoms with Crippen LogP contribution in [0.1, 0.15) is 17.0 Å². The van der Waals surface area contributed by atoms with Gasteiger partial charge in [-0.15, -0.1) is 0 Å². The summed E-state index contributed by atoms with van der Waals surface area (Å²) in [4.78, 5) is 24.2. The van der Waals surface area contributed by atoms with Gasteiger partial charge in [-0.1, -0.05) is 29.3 Å². The summed E-state index contributed by atoms with van der Waals surface area (Å²) in [5.41, 5.74) is 0.635. The van der Waals surface area contributed by atoms with Crippen molar-refractivity contribution in [2.75, 3.05) is 17.2 Å². The van der Waals surface area contributed by atoms with Crippen LogP contribution >= 0.6 is 23.2 Å². The minimum Gasteiger partial charge on any atom is -0.364 e. The molecule has 156 valence electrons. The molecule has 0 unspecified atom stereocenters. The maximum atomic E-state index is 14.3. The fourth-order valence-corrected chi connectivity index (χ4v) is 2.86. The van der Waals surface area contributed by atoms with Crippen molar-refractivity contribution >= 4 is 40.7 Å². The largest absolute Gasteiger partial charge is 0.364 e. The highest BCUT2D eigenvalue weighted by Gasteiger charge is 2.32. The number of halogens is 4. The SMILES string of the molecule is Cc1ccnc(NC(=O)Cc2nc(NCC(F)(F)c3ccccn3)ccc2Cl)c1Cl. The molecular formula is C20H17Cl2F2N5O. The lowest BCUT2D eigenvalue weighted by atomic mass is 10.2. The number of hydrogen-bond acceptors (Lipinski definition) is 5. The molecule has 0 aliphatic heterocycles. The van der Waals surface area contributed by atoms with Gasteiger partial charge in [-0.2, -0.15) is 8.78 Å². The summed E-state index contributed by atoms with van der Waals surface area (Å²) in [6.07, 6.45) is 2.64. The Balaban J connectivity index is 1.67. The first-order valence-electron chi connectivity index (χ1n) is 8.86. The number of amides is 1. The molecule has 2 N–H and O–H groups in total. The molecule has 0 atom stereocenters. The number of nitrogens with one attached hydrogen (secondary N) is 2. The Morgan fingerprint density at radius 2 is 1.90 bits per heavy atom. The Kier molecular flexibility index (Phi) is 6.79. The van der Waals surface area contributed by atoms with Crippen molar-refractivity contribution in [2.24, 2.45) is 0 Å². The Hall–Kier alpha value is -2.84. The maximum Gasteiger partial charge on any atom is 0.306 e. The van der Waals surface area contributed by atoms with E-state index in [1.807, 2.05) is 0 Å². The summed E-state index contributed by atoms with van der Waals surface area (Å²) in [7, 11) is 0. The summed E-state index contributed by atoms with van der Waals surface area (Å²) in [6, 6.07) is 8.95. The van der Waals surface area contributed by atoms with Crippen LogP contribution in [-0.2, 0) is 17.1 Å². The van der Waals surface area contributed by atoms with Crippen LogP contribution in [0.5, 0.6) is 0 Å². The van der Waals surface area contributed by atoms with Gasteiger partial charge in [-0.05, 0) is 42.8 Å². The zero-order valence-corrected chi connectivity index (χ0v) is 17.3. The van der Waals surface area contributed by atoms with Gasteiger partial charge in [0.2, 0.25) is 5.91 Å². The van der Waals surface area contributed by atoms with E-state index in [0.717, 1.165) is 5.56 Å². The van der Waals surface area contributed by atoms with Crippen molar-refractivity contribution < 1.29 is 13.6 Å². The van der Waals surface area contributed by atoms with Crippen molar-refractivity contribution in [1.29, 1.82) is 0 Å². The number of carbonyl (C=O) groups is 1. The normalized spacial score (nSPS) is 11.2. The van der Waals surface area contributed by atoms with E-state index in [1.165, 1.54) is 36.7 Å². The highest BCUT2D eigenvalue weighted by atomic mass is 35.5. The number of alkyl halides is 2. The second-order valence-electron chi connectivity index (χ2n) is 6.41. The summed E-state index contributed by atoms with van der Waals surface area (Å²) in [5, 5.41) is 5.72. The predicted octanol–water partition coefficient (Wildman–Crippen LogP) is 4.87. The van der Waals surface area contributed by atoms with Gasteiger partial charge in [0.05, 0.1) is 28.7 Å². The average molecular weight is 452 g/mol. The molecular weight excluding hydrogens is 435 g/mol. The van der Waals surface area contributed by atoms with E-state index < -0.39 is 18.4 Å². The van der Waals surface area contributed by atoms with Crippen LogP contribution in [-0.4, -0.2) is 27.4 Å². The van der Waals surface area contributed by atoms with Crippen LogP contribution in [0.4, 0.5) is 20.4 Å². The average Bonchev–Trinajstić information content (AvgIpc) is 2.73. The first kappa shape index (κ1) is 21.9. The lowest BCUT2D eigenvalue weighted by Gasteiger charge is -2.17. The van der Waals surface area contributed by atoms with Crippen molar-refractivity contribution in [2.45, 2.75) is 19.3 Å². The fraction of sp³-hybridized carbons (Fsp3) is 0.200. The molecule has 3 rings (SSSR count). The van der Waals surface area contributed by atoms with Crippen LogP contribution in [0.25, 0.3) is 0 Å². The summed E-state index contributed by atoms with van der Waals surface area (Å²) >= 11 is 12.2. The third-order valence-electron chi connectivity index (χ3n) is 4.12. The van der Waals surface area contributed by atoms with Gasteiger partial charge in [0.25, 0.3) is 0 Å². The van der Waals surface area contributed by atoms with Crippen molar-refractivity contribution in [3.8, 4) is 0 Å². The van der Waals surface area contributed by atoms with Gasteiger partial charge < -0.3 is 10.6 Å². The molecule has 1 amide bonds. The van der Waals surface area contributed by atoms with Gasteiger partial charge in [0.15, 0.2) is 5.82 Å². The Bertz CT molecular complexity index is 1050. The molecule has 0 fully saturated rings. The van der Waals surface area contributed by atoms with Crippen molar-refractivity contribution in [3.05, 3.63) is 75.8 Å². The molecule has 0 saturated heterocycles. The molecule has 6 nitrogen and oxygen atoms in total. The number of rotatable bonds is 7. The van der Waals surface area contributed by atoms with E-state index in [-0.39, 0.29) is 34.5 Å². The summed E-state index contributed by atoms with van der Waals surface area (Å²) in [5.74, 6) is -3.26. The lowest BCUT2D eigenvalue weighted by Crippen LogP contribution is -2.26. The third kappa shape index (κ3) is 5.40. The van der Waals surface area contributed by atoms with Gasteiger partial charge >= 0.3 is 5.92 Å². The molecule has 0 aromatic carbocycles. The Labute approximate surface area is 181 Å². The molecule has 10 heteroatoms. The number of anilines is 2. The quantitative estimate of drug-likeness (QED) is 0.535. The predicted molar refractivity (Wildman–Crippen MR) is 112 cm³/mol. The van der Waals surface area contributed by atoms with E-state index in [9.17, 15) is 13.6 Å². The smallest absolute Gasteiger partial charge is 0.306 e. The highest BCUT2D eigenvalue weighted by Crippen LogP contribution is 2.27. The molecule has 0 aliphatic carbocycles. The van der Waals surface area contributed by atoms with Crippen LogP contribution in [0, 0.1) is 6.92 Å². The molecule has 0 spiro atoms. The topological polar surface area (TPSA) is 79.8 Å². The number of aryl methyl sites for hydroxylation is 1. The van der Waals surface area contributed by atoms with Crippen molar-refractivity contribution in [3.63, 3.8) is 0 Å². The second-order valence-corrected chi connectivity index (χ2v) is 7.20. The number of carbonyl (C=O) groups excluding carboxylic acids is 1. The molecule has 3 aromatic heterocycles. The summed E-state index contributed by atoms with van der Waals surface area (Å²) in [6.45, 7) is 1.07.